The Morgan fingerprint density at radius 1 is 1.18 bits per heavy atom. The number of carbonyl (C=O) groups excluding carboxylic acids is 1. The summed E-state index contributed by atoms with van der Waals surface area (Å²) >= 11 is 0. The van der Waals surface area contributed by atoms with Gasteiger partial charge in [0.25, 0.3) is 5.69 Å². The number of carbonyl (C=O) groups is 1. The zero-order chi connectivity index (χ0) is 24.9. The lowest BCUT2D eigenvalue weighted by molar-refractivity contribution is -0.384. The van der Waals surface area contributed by atoms with E-state index >= 15 is 0 Å². The molecule has 0 radical (unpaired) electrons. The van der Waals surface area contributed by atoms with Crippen molar-refractivity contribution < 1.29 is 22.9 Å². The summed E-state index contributed by atoms with van der Waals surface area (Å²) in [5.74, 6) is 0.229. The van der Waals surface area contributed by atoms with Gasteiger partial charge in [0.15, 0.2) is 0 Å². The average Bonchev–Trinajstić information content (AvgIpc) is 3.15. The first-order valence-electron chi connectivity index (χ1n) is 11.1. The van der Waals surface area contributed by atoms with E-state index in [0.717, 1.165) is 5.56 Å². The topological polar surface area (TPSA) is 136 Å². The maximum Gasteiger partial charge on any atom is 0.404 e. The van der Waals surface area contributed by atoms with Gasteiger partial charge in [0.2, 0.25) is 10.0 Å². The molecule has 1 aliphatic heterocycles. The van der Waals surface area contributed by atoms with Crippen LogP contribution in [-0.2, 0) is 21.3 Å². The van der Waals surface area contributed by atoms with E-state index in [-0.39, 0.29) is 23.0 Å². The molecule has 1 saturated heterocycles. The van der Waals surface area contributed by atoms with Gasteiger partial charge in [-0.1, -0.05) is 44.2 Å². The summed E-state index contributed by atoms with van der Waals surface area (Å²) in [7, 11) is -4.04. The van der Waals surface area contributed by atoms with E-state index in [4.69, 9.17) is 10.5 Å². The minimum atomic E-state index is -4.04. The standard InChI is InChI=1S/C23H30N4O6S/c1-17(2)12-13-26(34(31,32)20-10-8-19(9-11-20)27(29)30)21-15-25(16-22(21)33-23(24)28)14-18-6-4-3-5-7-18/h3-11,17,21-22H,12-16H2,1-2H3,(H2,24,28)/t21-,22+/m0/s1. The summed E-state index contributed by atoms with van der Waals surface area (Å²) in [5.41, 5.74) is 6.16. The van der Waals surface area contributed by atoms with Crippen LogP contribution in [0.5, 0.6) is 0 Å². The Balaban J connectivity index is 1.93. The van der Waals surface area contributed by atoms with Crippen LogP contribution in [0.25, 0.3) is 0 Å². The minimum absolute atomic E-state index is 0.0545. The van der Waals surface area contributed by atoms with Crippen LogP contribution in [0.3, 0.4) is 0 Å². The molecule has 3 rings (SSSR count). The first-order chi connectivity index (χ1) is 16.1. The Morgan fingerprint density at radius 2 is 1.82 bits per heavy atom. The number of nitrogens with two attached hydrogens (primary N) is 1. The van der Waals surface area contributed by atoms with E-state index in [1.807, 2.05) is 49.1 Å². The number of sulfonamides is 1. The van der Waals surface area contributed by atoms with Crippen molar-refractivity contribution in [2.45, 2.75) is 43.9 Å². The molecule has 11 heteroatoms. The molecule has 2 atom stereocenters. The molecule has 0 aromatic heterocycles. The number of hydrogen-bond donors (Lipinski definition) is 1. The Kier molecular flexibility index (Phi) is 8.24. The van der Waals surface area contributed by atoms with Crippen LogP contribution >= 0.6 is 0 Å². The first kappa shape index (κ1) is 25.6. The van der Waals surface area contributed by atoms with Crippen LogP contribution in [0.15, 0.2) is 59.5 Å². The van der Waals surface area contributed by atoms with E-state index in [2.05, 4.69) is 0 Å². The van der Waals surface area contributed by atoms with Crippen molar-refractivity contribution in [1.82, 2.24) is 9.21 Å². The Hall–Kier alpha value is -3.02. The minimum Gasteiger partial charge on any atom is -0.443 e. The molecule has 10 nitrogen and oxygen atoms in total. The number of benzene rings is 2. The second-order valence-electron chi connectivity index (χ2n) is 8.77. The number of nitro benzene ring substituents is 1. The fourth-order valence-corrected chi connectivity index (χ4v) is 5.73. The smallest absolute Gasteiger partial charge is 0.404 e. The molecule has 0 unspecified atom stereocenters. The molecule has 0 spiro atoms. The first-order valence-corrected chi connectivity index (χ1v) is 12.5. The highest BCUT2D eigenvalue weighted by Crippen LogP contribution is 2.28. The molecule has 2 aromatic carbocycles. The summed E-state index contributed by atoms with van der Waals surface area (Å²) in [5, 5.41) is 11.0. The van der Waals surface area contributed by atoms with E-state index in [1.165, 1.54) is 28.6 Å². The molecule has 0 saturated carbocycles. The molecular formula is C23H30N4O6S. The zero-order valence-corrected chi connectivity index (χ0v) is 20.1. The third-order valence-corrected chi connectivity index (χ3v) is 7.72. The van der Waals surface area contributed by atoms with Gasteiger partial charge in [0.1, 0.15) is 6.10 Å². The van der Waals surface area contributed by atoms with Gasteiger partial charge in [-0.15, -0.1) is 0 Å². The van der Waals surface area contributed by atoms with Crippen molar-refractivity contribution in [3.8, 4) is 0 Å². The second-order valence-corrected chi connectivity index (χ2v) is 10.7. The third kappa shape index (κ3) is 6.31. The fraction of sp³-hybridized carbons (Fsp3) is 0.435. The van der Waals surface area contributed by atoms with Crippen molar-refractivity contribution in [3.05, 3.63) is 70.3 Å². The van der Waals surface area contributed by atoms with Crippen molar-refractivity contribution in [1.29, 1.82) is 0 Å². The van der Waals surface area contributed by atoms with E-state index in [0.29, 0.717) is 26.1 Å². The van der Waals surface area contributed by atoms with Gasteiger partial charge in [0, 0.05) is 38.3 Å². The van der Waals surface area contributed by atoms with Crippen LogP contribution in [-0.4, -0.2) is 60.4 Å². The van der Waals surface area contributed by atoms with Crippen molar-refractivity contribution in [3.63, 3.8) is 0 Å². The maximum absolute atomic E-state index is 13.7. The van der Waals surface area contributed by atoms with Gasteiger partial charge in [-0.05, 0) is 30.0 Å². The van der Waals surface area contributed by atoms with E-state index in [1.54, 1.807) is 0 Å². The van der Waals surface area contributed by atoms with Crippen LogP contribution < -0.4 is 5.73 Å². The van der Waals surface area contributed by atoms with Gasteiger partial charge in [-0.3, -0.25) is 15.0 Å². The molecule has 0 bridgehead atoms. The molecule has 2 aromatic rings. The van der Waals surface area contributed by atoms with Crippen LogP contribution in [0.1, 0.15) is 25.8 Å². The summed E-state index contributed by atoms with van der Waals surface area (Å²) in [4.78, 5) is 24.0. The Bertz CT molecular complexity index is 1090. The molecular weight excluding hydrogens is 460 g/mol. The molecule has 1 aliphatic rings. The van der Waals surface area contributed by atoms with Gasteiger partial charge in [-0.2, -0.15) is 4.31 Å². The second kappa shape index (κ2) is 10.9. The predicted molar refractivity (Wildman–Crippen MR) is 126 cm³/mol. The van der Waals surface area contributed by atoms with Gasteiger partial charge >= 0.3 is 6.09 Å². The monoisotopic (exact) mass is 490 g/mol. The van der Waals surface area contributed by atoms with Gasteiger partial charge < -0.3 is 10.5 Å². The lowest BCUT2D eigenvalue weighted by Gasteiger charge is -2.31. The van der Waals surface area contributed by atoms with Crippen molar-refractivity contribution >= 4 is 21.8 Å². The molecule has 184 valence electrons. The quantitative estimate of drug-likeness (QED) is 0.399. The Labute approximate surface area is 199 Å². The molecule has 34 heavy (non-hydrogen) atoms. The lowest BCUT2D eigenvalue weighted by Crippen LogP contribution is -2.49. The van der Waals surface area contributed by atoms with Crippen LogP contribution in [0.2, 0.25) is 0 Å². The molecule has 2 N–H and O–H groups in total. The number of likely N-dealkylation sites (tertiary alicyclic amines) is 1. The lowest BCUT2D eigenvalue weighted by atomic mass is 10.1. The number of ether oxygens (including phenoxy) is 1. The van der Waals surface area contributed by atoms with Crippen molar-refractivity contribution in [2.24, 2.45) is 11.7 Å². The summed E-state index contributed by atoms with van der Waals surface area (Å²) < 4.78 is 34.1. The van der Waals surface area contributed by atoms with Crippen LogP contribution in [0.4, 0.5) is 10.5 Å². The SMILES string of the molecule is CC(C)CCN([C@H]1CN(Cc2ccccc2)C[C@H]1OC(N)=O)S(=O)(=O)c1ccc([N+](=O)[O-])cc1. The number of rotatable bonds is 10. The number of primary amides is 1. The van der Waals surface area contributed by atoms with E-state index < -0.39 is 33.2 Å². The number of nitrogens with zero attached hydrogens (tertiary/aromatic N) is 3. The van der Waals surface area contributed by atoms with E-state index in [9.17, 15) is 23.3 Å². The van der Waals surface area contributed by atoms with Crippen molar-refractivity contribution in [2.75, 3.05) is 19.6 Å². The number of non-ortho nitro benzene ring substituents is 1. The molecule has 1 fully saturated rings. The summed E-state index contributed by atoms with van der Waals surface area (Å²) in [6, 6.07) is 13.9. The summed E-state index contributed by atoms with van der Waals surface area (Å²) in [6.07, 6.45) is -1.13. The molecule has 0 aliphatic carbocycles. The highest BCUT2D eigenvalue weighted by atomic mass is 32.2. The summed E-state index contributed by atoms with van der Waals surface area (Å²) in [6.45, 7) is 5.42. The average molecular weight is 491 g/mol. The zero-order valence-electron chi connectivity index (χ0n) is 19.2. The Morgan fingerprint density at radius 3 is 2.38 bits per heavy atom. The fourth-order valence-electron chi connectivity index (χ4n) is 4.07. The number of amides is 1. The van der Waals surface area contributed by atoms with Gasteiger partial charge in [0.05, 0.1) is 15.9 Å². The predicted octanol–water partition coefficient (Wildman–Crippen LogP) is 2.98. The highest BCUT2D eigenvalue weighted by molar-refractivity contribution is 7.89. The number of hydrogen-bond acceptors (Lipinski definition) is 7. The van der Waals surface area contributed by atoms with Gasteiger partial charge in [-0.25, -0.2) is 13.2 Å². The highest BCUT2D eigenvalue weighted by Gasteiger charge is 2.44. The maximum atomic E-state index is 13.7. The normalized spacial score (nSPS) is 18.9. The largest absolute Gasteiger partial charge is 0.443 e. The molecule has 1 amide bonds. The van der Waals surface area contributed by atoms with Crippen LogP contribution in [0, 0.1) is 16.0 Å². The number of nitro groups is 1. The molecule has 1 heterocycles. The third-order valence-electron chi connectivity index (χ3n) is 5.78.